The Kier molecular flexibility index (Phi) is 45.9. The van der Waals surface area contributed by atoms with Crippen molar-refractivity contribution in [3.05, 3.63) is 91.9 Å². The molecule has 12 rings (SSSR count). The lowest BCUT2D eigenvalue weighted by Crippen LogP contribution is -2.30. The fourth-order valence-electron chi connectivity index (χ4n) is 11.2. The maximum atomic E-state index is 11.7. The smallest absolute Gasteiger partial charge is 0.351 e. The maximum Gasteiger partial charge on any atom is 0.351 e. The van der Waals surface area contributed by atoms with Crippen molar-refractivity contribution in [2.45, 2.75) is 207 Å². The monoisotopic (exact) mass is 1870 g/mol. The normalized spacial score (nSPS) is 15.2. The second-order valence-electron chi connectivity index (χ2n) is 30.7. The highest BCUT2D eigenvalue weighted by molar-refractivity contribution is 9.09. The van der Waals surface area contributed by atoms with Gasteiger partial charge in [-0.1, -0.05) is 36.7 Å². The first kappa shape index (κ1) is 106. The van der Waals surface area contributed by atoms with Crippen LogP contribution in [0.3, 0.4) is 0 Å². The number of nitrogens with two attached hydrogens (primary N) is 1. The van der Waals surface area contributed by atoms with Crippen LogP contribution in [0.15, 0.2) is 0 Å². The number of methoxy groups -OCH3 is 6. The third kappa shape index (κ3) is 33.7. The third-order valence-corrected chi connectivity index (χ3v) is 29.1. The molecule has 670 valence electrons. The Balaban J connectivity index is 0.000000289. The van der Waals surface area contributed by atoms with Crippen LogP contribution in [0.2, 0.25) is 0 Å². The Hall–Kier alpha value is -6.75. The lowest BCUT2D eigenvalue weighted by molar-refractivity contribution is -0.148. The predicted molar refractivity (Wildman–Crippen MR) is 482 cm³/mol. The van der Waals surface area contributed by atoms with E-state index in [0.29, 0.717) is 80.0 Å². The highest BCUT2D eigenvalue weighted by Crippen LogP contribution is 2.44. The van der Waals surface area contributed by atoms with Crippen LogP contribution in [0, 0.1) is 142 Å². The molecule has 0 amide bonds. The Morgan fingerprint density at radius 3 is 1.08 bits per heavy atom. The van der Waals surface area contributed by atoms with E-state index < -0.39 is 23.8 Å². The summed E-state index contributed by atoms with van der Waals surface area (Å²) in [6, 6.07) is 0.0649. The summed E-state index contributed by atoms with van der Waals surface area (Å²) < 4.78 is 56.2. The first-order valence-corrected chi connectivity index (χ1v) is 46.8. The Bertz CT molecular complexity index is 4270. The summed E-state index contributed by atoms with van der Waals surface area (Å²) in [5.41, 5.74) is 12.0. The summed E-state index contributed by atoms with van der Waals surface area (Å²) in [5.74, 6) is 6.77. The zero-order valence-corrected chi connectivity index (χ0v) is 81.3. The summed E-state index contributed by atoms with van der Waals surface area (Å²) in [5, 5.41) is 19.3. The number of rotatable bonds is 31. The number of halogens is 1. The molecule has 0 radical (unpaired) electrons. The molecule has 0 aliphatic heterocycles. The molecule has 5 unspecified atom stereocenters. The van der Waals surface area contributed by atoms with Crippen LogP contribution >= 0.6 is 96.6 Å². The van der Waals surface area contributed by atoms with Crippen molar-refractivity contribution in [1.29, 1.82) is 0 Å². The molecule has 6 fully saturated rings. The van der Waals surface area contributed by atoms with E-state index in [2.05, 4.69) is 77.4 Å². The standard InChI is InChI=1S/C14H20O3S.C13H19NO3S.C13H16O4S.C13H20O2S.C13H18O2S.C8H10O3S.C6H10O3.C5H7BrO.C3H6O2S/c1-8(11-5-6-11)7-17-12-9(2)10(3)18-13(12)14(15)16-4;2*1-7-8(2)18-12(13(15)16-3)11(7)17-6-10(14)9-4-5-9;2*1-8(11-4-5-11)7-15-13-9(2)10(3)16-12(13)6-14;1-4-5(2)12-7(6(4)9)8(10)11-3;1-4(5(2)7)6(8)9-3;6-3-5(7)4-1-2-4;1-5-3(4)2-6/h8,11H,5-7H2,1-4H3;9-10H,4-6,14H2,1-3H3;9H,4-6H2,1-3H3;8,11,14H,4-7H2,1-3H3;6,8,11H,4-5,7H2,1-3H3;9H,1-3H3;4H,1-3H3;4H,1-3H2;6H,2H2,1H3. The van der Waals surface area contributed by atoms with Crippen molar-refractivity contribution < 1.29 is 110 Å². The van der Waals surface area contributed by atoms with Crippen molar-refractivity contribution in [2.75, 3.05) is 86.8 Å². The molecule has 0 bridgehead atoms. The number of aromatic hydroxyl groups is 1. The molecule has 120 heavy (non-hydrogen) atoms. The van der Waals surface area contributed by atoms with E-state index in [1.165, 1.54) is 180 Å². The van der Waals surface area contributed by atoms with Gasteiger partial charge in [-0.05, 0) is 215 Å². The van der Waals surface area contributed by atoms with E-state index in [0.717, 1.165) is 137 Å². The van der Waals surface area contributed by atoms with Crippen LogP contribution in [-0.4, -0.2) is 162 Å². The van der Waals surface area contributed by atoms with Gasteiger partial charge in [0.15, 0.2) is 31.6 Å². The fraction of sp³-hybridized carbons (Fsp3) is 0.614. The topological polar surface area (TPSA) is 339 Å². The van der Waals surface area contributed by atoms with Gasteiger partial charge in [-0.25, -0.2) is 19.2 Å². The first-order valence-electron chi connectivity index (χ1n) is 40.1. The number of aliphatic hydroxyl groups excluding tert-OH is 1. The Morgan fingerprint density at radius 1 is 0.442 bits per heavy atom. The summed E-state index contributed by atoms with van der Waals surface area (Å²) in [4.78, 5) is 120. The molecule has 32 heteroatoms. The molecule has 6 aromatic rings. The van der Waals surface area contributed by atoms with Crippen molar-refractivity contribution in [3.8, 4) is 34.5 Å². The molecule has 6 saturated carbocycles. The molecular formula is C88H126BrNO23S7. The van der Waals surface area contributed by atoms with Gasteiger partial charge in [0, 0.05) is 80.5 Å². The number of thiophene rings is 6. The summed E-state index contributed by atoms with van der Waals surface area (Å²) in [7, 11) is 8.02. The minimum atomic E-state index is -0.616. The van der Waals surface area contributed by atoms with Crippen LogP contribution in [0.25, 0.3) is 0 Å². The number of carbonyl (C=O) groups is 10. The zero-order valence-electron chi connectivity index (χ0n) is 73.9. The molecule has 6 heterocycles. The van der Waals surface area contributed by atoms with Crippen LogP contribution in [0.4, 0.5) is 0 Å². The largest absolute Gasteiger partial charge is 0.506 e. The third-order valence-electron chi connectivity index (χ3n) is 21.3. The minimum absolute atomic E-state index is 0.0457. The van der Waals surface area contributed by atoms with E-state index >= 15 is 0 Å². The van der Waals surface area contributed by atoms with E-state index in [1.54, 1.807) is 18.3 Å². The van der Waals surface area contributed by atoms with Gasteiger partial charge in [0.2, 0.25) is 0 Å². The van der Waals surface area contributed by atoms with Crippen molar-refractivity contribution in [2.24, 2.45) is 64.9 Å². The number of ketones is 3. The van der Waals surface area contributed by atoms with E-state index in [9.17, 15) is 58.2 Å². The van der Waals surface area contributed by atoms with Crippen molar-refractivity contribution >= 4 is 156 Å². The number of hydrogen-bond acceptors (Lipinski definition) is 31. The van der Waals surface area contributed by atoms with Gasteiger partial charge in [-0.2, -0.15) is 12.6 Å². The van der Waals surface area contributed by atoms with Gasteiger partial charge < -0.3 is 68.1 Å². The van der Waals surface area contributed by atoms with Crippen LogP contribution in [0.1, 0.15) is 228 Å². The first-order chi connectivity index (χ1) is 56.7. The quantitative estimate of drug-likeness (QED) is 0.00784. The van der Waals surface area contributed by atoms with Gasteiger partial charge in [0.1, 0.15) is 70.1 Å². The van der Waals surface area contributed by atoms with Gasteiger partial charge in [-0.3, -0.25) is 28.8 Å². The van der Waals surface area contributed by atoms with E-state index in [-0.39, 0.29) is 71.0 Å². The Morgan fingerprint density at radius 2 is 0.775 bits per heavy atom. The van der Waals surface area contributed by atoms with Gasteiger partial charge >= 0.3 is 35.8 Å². The summed E-state index contributed by atoms with van der Waals surface area (Å²) in [6.45, 7) is 36.0. The molecule has 24 nitrogen and oxygen atoms in total. The maximum absolute atomic E-state index is 11.7. The second kappa shape index (κ2) is 52.1. The minimum Gasteiger partial charge on any atom is -0.506 e. The summed E-state index contributed by atoms with van der Waals surface area (Å²) >= 11 is 15.3. The number of ether oxygens (including phenoxy) is 11. The average molecular weight is 1870 g/mol. The Labute approximate surface area is 746 Å². The van der Waals surface area contributed by atoms with Crippen LogP contribution in [-0.2, 0) is 59.0 Å². The SMILES string of the molecule is COC(=O)C(C)C(C)=O.COC(=O)CS.COC(=O)c1sc(C)c(C)c1O.COC(=O)c1sc(C)c(C)c1OCC(=O)C1CC1.COC(=O)c1sc(C)c(C)c1OCC(C)C1CC1.COC(=O)c1sc(C)c(C)c1OCC(N)C1CC1.Cc1sc(C=O)c(OCC(C)C2CC2)c1C.Cc1sc(CO)c(OCC(C)C2CC2)c1C.O=C(CBr)C1CC1. The molecule has 6 aliphatic rings. The second-order valence-corrected chi connectivity index (χ2v) is 39.1. The number of carbonyl (C=O) groups excluding carboxylic acids is 10. The highest BCUT2D eigenvalue weighted by atomic mass is 79.9. The number of Topliss-reactive ketones (excluding diaryl/α,β-unsaturated/α-hetero) is 3. The van der Waals surface area contributed by atoms with Gasteiger partial charge in [0.25, 0.3) is 0 Å². The van der Waals surface area contributed by atoms with E-state index in [1.807, 2.05) is 62.3 Å². The number of hydrogen-bond donors (Lipinski definition) is 4. The number of esters is 6. The number of aliphatic hydroxyl groups is 1. The van der Waals surface area contributed by atoms with Gasteiger partial charge in [0.05, 0.1) is 85.0 Å². The molecule has 6 aliphatic carbocycles. The zero-order chi connectivity index (χ0) is 90.3. The molecule has 4 N–H and O–H groups in total. The molecular weight excluding hydrogens is 1740 g/mol. The molecule has 0 saturated heterocycles. The van der Waals surface area contributed by atoms with E-state index in [4.69, 9.17) is 43.6 Å². The van der Waals surface area contributed by atoms with Crippen LogP contribution < -0.4 is 29.4 Å². The van der Waals surface area contributed by atoms with Crippen molar-refractivity contribution in [1.82, 2.24) is 0 Å². The molecule has 6 aromatic heterocycles. The molecule has 5 atom stereocenters. The van der Waals surface area contributed by atoms with Crippen LogP contribution in [0.5, 0.6) is 34.5 Å². The highest BCUT2D eigenvalue weighted by Gasteiger charge is 2.35. The lowest BCUT2D eigenvalue weighted by atomic mass is 10.1. The molecule has 0 aromatic carbocycles. The predicted octanol–water partition coefficient (Wildman–Crippen LogP) is 18.9. The number of thiol groups is 1. The summed E-state index contributed by atoms with van der Waals surface area (Å²) in [6.07, 6.45) is 15.5. The van der Waals surface area contributed by atoms with Crippen molar-refractivity contribution in [3.63, 3.8) is 0 Å². The lowest BCUT2D eigenvalue weighted by Gasteiger charge is -2.13. The number of aldehydes is 1. The van der Waals surface area contributed by atoms with Gasteiger partial charge in [-0.15, -0.1) is 68.0 Å². The fourth-order valence-corrected chi connectivity index (χ4v) is 17.7. The number of alkyl halides is 1. The molecule has 0 spiro atoms. The number of aryl methyl sites for hydroxylation is 6. The average Bonchev–Trinajstić information content (AvgIpc) is 1.65.